The lowest BCUT2D eigenvalue weighted by Crippen LogP contribution is -2.50. The maximum atomic E-state index is 12.1. The molecule has 0 saturated carbocycles. The lowest BCUT2D eigenvalue weighted by Gasteiger charge is -2.27. The Kier molecular flexibility index (Phi) is 8.41. The molecule has 0 aliphatic carbocycles. The summed E-state index contributed by atoms with van der Waals surface area (Å²) in [6.45, 7) is 5.84. The van der Waals surface area contributed by atoms with E-state index in [9.17, 15) is 9.59 Å². The number of likely N-dealkylation sites (N-methyl/N-ethyl adjacent to an activating group) is 1. The van der Waals surface area contributed by atoms with Gasteiger partial charge in [-0.25, -0.2) is 9.59 Å². The van der Waals surface area contributed by atoms with Crippen LogP contribution in [0.25, 0.3) is 0 Å². The molecule has 0 aromatic heterocycles. The van der Waals surface area contributed by atoms with Gasteiger partial charge in [-0.3, -0.25) is 0 Å². The van der Waals surface area contributed by atoms with E-state index in [-0.39, 0.29) is 12.5 Å². The van der Waals surface area contributed by atoms with Crippen molar-refractivity contribution in [1.82, 2.24) is 15.1 Å². The minimum absolute atomic E-state index is 0.0235. The molecular formula is C14H25N3O3. The topological polar surface area (TPSA) is 72.9 Å². The molecule has 114 valence electrons. The number of carboxylic acid groups (broad SMARTS) is 1. The molecule has 0 saturated heterocycles. The molecule has 0 spiro atoms. The molecular weight excluding hydrogens is 258 g/mol. The first-order chi connectivity index (χ1) is 9.27. The van der Waals surface area contributed by atoms with E-state index in [1.807, 2.05) is 32.8 Å². The predicted octanol–water partition coefficient (Wildman–Crippen LogP) is 0.692. The van der Waals surface area contributed by atoms with Crippen LogP contribution < -0.4 is 5.32 Å². The lowest BCUT2D eigenvalue weighted by molar-refractivity contribution is -0.139. The van der Waals surface area contributed by atoms with Crippen LogP contribution in [0.4, 0.5) is 4.79 Å². The van der Waals surface area contributed by atoms with Gasteiger partial charge < -0.3 is 20.2 Å². The average molecular weight is 283 g/mol. The van der Waals surface area contributed by atoms with Gasteiger partial charge in [-0.2, -0.15) is 0 Å². The van der Waals surface area contributed by atoms with E-state index >= 15 is 0 Å². The van der Waals surface area contributed by atoms with Gasteiger partial charge in [0.25, 0.3) is 0 Å². The molecule has 0 heterocycles. The van der Waals surface area contributed by atoms with Crippen LogP contribution in [0.1, 0.15) is 20.3 Å². The minimum Gasteiger partial charge on any atom is -0.480 e. The standard InChI is InChI=1S/C14H25N3O3/c1-6-7-12(13(18)19)15-14(20)17(10-11(2)3)9-8-16(4)5/h1,11-12H,7-10H2,2-5H3,(H,15,20)(H,18,19). The molecule has 0 bridgehead atoms. The van der Waals surface area contributed by atoms with Crippen molar-refractivity contribution in [2.75, 3.05) is 33.7 Å². The Bertz CT molecular complexity index is 361. The molecule has 2 amide bonds. The summed E-state index contributed by atoms with van der Waals surface area (Å²) in [5.74, 6) is 1.45. The molecule has 0 aromatic carbocycles. The number of carboxylic acids is 1. The third-order valence-corrected chi connectivity index (χ3v) is 2.61. The smallest absolute Gasteiger partial charge is 0.327 e. The third kappa shape index (κ3) is 7.64. The van der Waals surface area contributed by atoms with Gasteiger partial charge in [0.2, 0.25) is 0 Å². The Hall–Kier alpha value is -1.74. The Labute approximate surface area is 121 Å². The summed E-state index contributed by atoms with van der Waals surface area (Å²) < 4.78 is 0. The van der Waals surface area contributed by atoms with Crippen molar-refractivity contribution in [3.05, 3.63) is 0 Å². The van der Waals surface area contributed by atoms with Crippen molar-refractivity contribution in [3.8, 4) is 12.3 Å². The van der Waals surface area contributed by atoms with Crippen molar-refractivity contribution in [3.63, 3.8) is 0 Å². The highest BCUT2D eigenvalue weighted by atomic mass is 16.4. The second kappa shape index (κ2) is 9.21. The molecule has 2 N–H and O–H groups in total. The maximum Gasteiger partial charge on any atom is 0.327 e. The van der Waals surface area contributed by atoms with E-state index in [1.165, 1.54) is 0 Å². The fourth-order valence-electron chi connectivity index (χ4n) is 1.60. The van der Waals surface area contributed by atoms with E-state index in [0.717, 1.165) is 0 Å². The normalized spacial score (nSPS) is 12.1. The Morgan fingerprint density at radius 3 is 2.30 bits per heavy atom. The van der Waals surface area contributed by atoms with Crippen LogP contribution in [0, 0.1) is 18.3 Å². The van der Waals surface area contributed by atoms with Gasteiger partial charge in [0.05, 0.1) is 0 Å². The number of rotatable bonds is 8. The number of carbonyl (C=O) groups excluding carboxylic acids is 1. The Balaban J connectivity index is 4.67. The maximum absolute atomic E-state index is 12.1. The Morgan fingerprint density at radius 2 is 1.90 bits per heavy atom. The first-order valence-corrected chi connectivity index (χ1v) is 6.64. The first kappa shape index (κ1) is 18.3. The minimum atomic E-state index is -1.12. The highest BCUT2D eigenvalue weighted by molar-refractivity contribution is 5.82. The van der Waals surface area contributed by atoms with Crippen molar-refractivity contribution in [1.29, 1.82) is 0 Å². The van der Waals surface area contributed by atoms with Gasteiger partial charge in [-0.1, -0.05) is 13.8 Å². The van der Waals surface area contributed by atoms with Crippen molar-refractivity contribution in [2.45, 2.75) is 26.3 Å². The zero-order valence-corrected chi connectivity index (χ0v) is 12.7. The third-order valence-electron chi connectivity index (χ3n) is 2.61. The summed E-state index contributed by atoms with van der Waals surface area (Å²) in [5, 5.41) is 11.5. The molecule has 1 unspecified atom stereocenters. The number of hydrogen-bond donors (Lipinski definition) is 2. The number of amides is 2. The number of aliphatic carboxylic acids is 1. The van der Waals surface area contributed by atoms with E-state index in [0.29, 0.717) is 25.6 Å². The van der Waals surface area contributed by atoms with E-state index in [2.05, 4.69) is 11.2 Å². The highest BCUT2D eigenvalue weighted by Gasteiger charge is 2.22. The molecule has 0 aromatic rings. The van der Waals surface area contributed by atoms with E-state index < -0.39 is 12.0 Å². The number of nitrogens with one attached hydrogen (secondary N) is 1. The molecule has 0 aliphatic rings. The van der Waals surface area contributed by atoms with Gasteiger partial charge >= 0.3 is 12.0 Å². The summed E-state index contributed by atoms with van der Waals surface area (Å²) in [4.78, 5) is 26.7. The van der Waals surface area contributed by atoms with Gasteiger partial charge in [-0.05, 0) is 20.0 Å². The fraction of sp³-hybridized carbons (Fsp3) is 0.714. The Morgan fingerprint density at radius 1 is 1.30 bits per heavy atom. The monoisotopic (exact) mass is 283 g/mol. The largest absolute Gasteiger partial charge is 0.480 e. The average Bonchev–Trinajstić information content (AvgIpc) is 2.32. The lowest BCUT2D eigenvalue weighted by atomic mass is 10.2. The molecule has 1 atom stereocenters. The molecule has 0 fully saturated rings. The summed E-state index contributed by atoms with van der Waals surface area (Å²) in [5.41, 5.74) is 0. The van der Waals surface area contributed by atoms with Gasteiger partial charge in [-0.15, -0.1) is 12.3 Å². The van der Waals surface area contributed by atoms with Gasteiger partial charge in [0.15, 0.2) is 0 Å². The quantitative estimate of drug-likeness (QED) is 0.643. The number of terminal acetylenes is 1. The number of hydrogen-bond acceptors (Lipinski definition) is 3. The molecule has 20 heavy (non-hydrogen) atoms. The van der Waals surface area contributed by atoms with Gasteiger partial charge in [0.1, 0.15) is 6.04 Å². The number of urea groups is 1. The summed E-state index contributed by atoms with van der Waals surface area (Å²) in [7, 11) is 3.84. The van der Waals surface area contributed by atoms with Crippen molar-refractivity contribution >= 4 is 12.0 Å². The first-order valence-electron chi connectivity index (χ1n) is 6.64. The second-order valence-corrected chi connectivity index (χ2v) is 5.39. The highest BCUT2D eigenvalue weighted by Crippen LogP contribution is 2.01. The zero-order valence-electron chi connectivity index (χ0n) is 12.7. The second-order valence-electron chi connectivity index (χ2n) is 5.39. The SMILES string of the molecule is C#CCC(NC(=O)N(CCN(C)C)CC(C)C)C(=O)O. The number of carbonyl (C=O) groups is 2. The van der Waals surface area contributed by atoms with Crippen LogP contribution in [0.15, 0.2) is 0 Å². The van der Waals surface area contributed by atoms with Crippen LogP contribution in [-0.2, 0) is 4.79 Å². The van der Waals surface area contributed by atoms with Crippen molar-refractivity contribution in [2.24, 2.45) is 5.92 Å². The summed E-state index contributed by atoms with van der Waals surface area (Å²) >= 11 is 0. The predicted molar refractivity (Wildman–Crippen MR) is 78.4 cm³/mol. The van der Waals surface area contributed by atoms with Crippen LogP contribution >= 0.6 is 0 Å². The summed E-state index contributed by atoms with van der Waals surface area (Å²) in [6, 6.07) is -1.43. The van der Waals surface area contributed by atoms with E-state index in [1.54, 1.807) is 4.90 Å². The zero-order chi connectivity index (χ0) is 15.7. The summed E-state index contributed by atoms with van der Waals surface area (Å²) in [6.07, 6.45) is 5.09. The molecule has 6 nitrogen and oxygen atoms in total. The van der Waals surface area contributed by atoms with Crippen LogP contribution in [0.5, 0.6) is 0 Å². The molecule has 0 aliphatic heterocycles. The molecule has 6 heteroatoms. The van der Waals surface area contributed by atoms with Gasteiger partial charge in [0, 0.05) is 26.1 Å². The number of nitrogens with zero attached hydrogens (tertiary/aromatic N) is 2. The van der Waals surface area contributed by atoms with Crippen molar-refractivity contribution < 1.29 is 14.7 Å². The van der Waals surface area contributed by atoms with Crippen LogP contribution in [0.3, 0.4) is 0 Å². The van der Waals surface area contributed by atoms with Crippen LogP contribution in [0.2, 0.25) is 0 Å². The van der Waals surface area contributed by atoms with E-state index in [4.69, 9.17) is 11.5 Å². The molecule has 0 rings (SSSR count). The fourth-order valence-corrected chi connectivity index (χ4v) is 1.60. The molecule has 0 radical (unpaired) electrons. The van der Waals surface area contributed by atoms with Crippen LogP contribution in [-0.4, -0.2) is 66.7 Å².